The minimum Gasteiger partial charge on any atom is -0.483 e. The Balaban J connectivity index is 1.69. The second-order valence-electron chi connectivity index (χ2n) is 6.01. The van der Waals surface area contributed by atoms with Crippen molar-refractivity contribution < 1.29 is 9.84 Å². The Morgan fingerprint density at radius 1 is 0.929 bits per heavy atom. The van der Waals surface area contributed by atoms with Gasteiger partial charge in [0.1, 0.15) is 29.1 Å². The molecule has 0 fully saturated rings. The van der Waals surface area contributed by atoms with Gasteiger partial charge in [-0.1, -0.05) is 18.2 Å². The summed E-state index contributed by atoms with van der Waals surface area (Å²) in [7, 11) is 0. The second kappa shape index (κ2) is 7.45. The minimum absolute atomic E-state index is 0.0320. The van der Waals surface area contributed by atoms with E-state index in [2.05, 4.69) is 25.1 Å². The molecule has 0 saturated heterocycles. The van der Waals surface area contributed by atoms with Gasteiger partial charge in [-0.3, -0.25) is 0 Å². The van der Waals surface area contributed by atoms with Crippen LogP contribution in [0.3, 0.4) is 0 Å². The van der Waals surface area contributed by atoms with Gasteiger partial charge >= 0.3 is 0 Å². The topological polar surface area (TPSA) is 151 Å². The van der Waals surface area contributed by atoms with Gasteiger partial charge in [0, 0.05) is 6.61 Å². The van der Waals surface area contributed by atoms with Crippen molar-refractivity contribution in [2.75, 3.05) is 18.1 Å². The molecule has 4 aromatic rings. The monoisotopic (exact) mass is 378 g/mol. The van der Waals surface area contributed by atoms with Crippen molar-refractivity contribution in [1.82, 2.24) is 29.9 Å². The number of ether oxygens (including phenoxy) is 1. The molecule has 10 nitrogen and oxygen atoms in total. The number of aliphatic hydroxyl groups is 1. The normalized spacial score (nSPS) is 11.0. The zero-order valence-electron chi connectivity index (χ0n) is 14.9. The Morgan fingerprint density at radius 3 is 2.25 bits per heavy atom. The van der Waals surface area contributed by atoms with E-state index in [-0.39, 0.29) is 25.1 Å². The van der Waals surface area contributed by atoms with Gasteiger partial charge < -0.3 is 21.3 Å². The summed E-state index contributed by atoms with van der Waals surface area (Å²) in [6.45, 7) is 0.0849. The molecule has 10 heteroatoms. The summed E-state index contributed by atoms with van der Waals surface area (Å²) in [5.74, 6) is 0.905. The first kappa shape index (κ1) is 17.6. The highest BCUT2D eigenvalue weighted by molar-refractivity contribution is 5.73. The van der Waals surface area contributed by atoms with Crippen LogP contribution in [0.1, 0.15) is 11.4 Å². The van der Waals surface area contributed by atoms with Crippen LogP contribution < -0.4 is 16.2 Å². The predicted octanol–water partition coefficient (Wildman–Crippen LogP) is 0.884. The quantitative estimate of drug-likeness (QED) is 0.444. The molecule has 0 spiro atoms. The van der Waals surface area contributed by atoms with E-state index in [0.29, 0.717) is 23.7 Å². The number of benzene rings is 2. The van der Waals surface area contributed by atoms with E-state index in [9.17, 15) is 5.11 Å². The van der Waals surface area contributed by atoms with Crippen LogP contribution in [-0.4, -0.2) is 41.7 Å². The van der Waals surface area contributed by atoms with E-state index >= 15 is 0 Å². The Kier molecular flexibility index (Phi) is 4.68. The lowest BCUT2D eigenvalue weighted by Crippen LogP contribution is -2.10. The van der Waals surface area contributed by atoms with Crippen LogP contribution in [-0.2, 0) is 13.0 Å². The molecule has 28 heavy (non-hydrogen) atoms. The van der Waals surface area contributed by atoms with Crippen LogP contribution in [0.15, 0.2) is 42.5 Å². The van der Waals surface area contributed by atoms with Gasteiger partial charge in [-0.05, 0) is 36.2 Å². The number of nitrogens with two attached hydrogens (primary N) is 2. The largest absolute Gasteiger partial charge is 0.483 e. The zero-order valence-corrected chi connectivity index (χ0v) is 14.9. The van der Waals surface area contributed by atoms with Crippen LogP contribution in [0.4, 0.5) is 11.9 Å². The molecule has 0 aliphatic heterocycles. The number of aromatic nitrogens is 6. The SMILES string of the molecule is Nc1nc(N)nc(COc2ccc(CCO)cc2-n2nc3ccccc3n2)n1. The van der Waals surface area contributed by atoms with Crippen molar-refractivity contribution >= 4 is 22.9 Å². The lowest BCUT2D eigenvalue weighted by atomic mass is 10.1. The van der Waals surface area contributed by atoms with Crippen molar-refractivity contribution in [2.45, 2.75) is 13.0 Å². The number of rotatable bonds is 6. The van der Waals surface area contributed by atoms with Crippen molar-refractivity contribution in [1.29, 1.82) is 0 Å². The molecule has 0 radical (unpaired) electrons. The summed E-state index contributed by atoms with van der Waals surface area (Å²) < 4.78 is 5.89. The highest BCUT2D eigenvalue weighted by atomic mass is 16.5. The fourth-order valence-electron chi connectivity index (χ4n) is 2.76. The van der Waals surface area contributed by atoms with Crippen LogP contribution >= 0.6 is 0 Å². The first-order valence-corrected chi connectivity index (χ1v) is 8.57. The fourth-order valence-corrected chi connectivity index (χ4v) is 2.76. The van der Waals surface area contributed by atoms with Gasteiger partial charge in [-0.15, -0.1) is 15.0 Å². The summed E-state index contributed by atoms with van der Waals surface area (Å²) in [6, 6.07) is 13.1. The molecule has 0 bridgehead atoms. The van der Waals surface area contributed by atoms with Gasteiger partial charge in [-0.2, -0.15) is 15.0 Å². The number of hydrogen-bond donors (Lipinski definition) is 3. The molecule has 142 valence electrons. The van der Waals surface area contributed by atoms with E-state index in [1.807, 2.05) is 36.4 Å². The Morgan fingerprint density at radius 2 is 1.61 bits per heavy atom. The average molecular weight is 378 g/mol. The van der Waals surface area contributed by atoms with Crippen LogP contribution in [0, 0.1) is 0 Å². The highest BCUT2D eigenvalue weighted by Crippen LogP contribution is 2.25. The summed E-state index contributed by atoms with van der Waals surface area (Å²) in [4.78, 5) is 13.3. The molecular weight excluding hydrogens is 360 g/mol. The highest BCUT2D eigenvalue weighted by Gasteiger charge is 2.13. The lowest BCUT2D eigenvalue weighted by molar-refractivity contribution is 0.292. The summed E-state index contributed by atoms with van der Waals surface area (Å²) in [6.07, 6.45) is 0.509. The first-order valence-electron chi connectivity index (χ1n) is 8.57. The number of aliphatic hydroxyl groups excluding tert-OH is 1. The summed E-state index contributed by atoms with van der Waals surface area (Å²) in [5.41, 5.74) is 14.3. The number of fused-ring (bicyclic) bond motifs is 1. The third-order valence-corrected chi connectivity index (χ3v) is 4.00. The molecule has 2 heterocycles. The average Bonchev–Trinajstić information content (AvgIpc) is 3.10. The minimum atomic E-state index is 0.0320. The van der Waals surface area contributed by atoms with Crippen LogP contribution in [0.2, 0.25) is 0 Å². The van der Waals surface area contributed by atoms with Gasteiger partial charge in [-0.25, -0.2) is 0 Å². The molecule has 0 aliphatic carbocycles. The van der Waals surface area contributed by atoms with E-state index in [1.54, 1.807) is 6.07 Å². The maximum Gasteiger partial charge on any atom is 0.225 e. The van der Waals surface area contributed by atoms with Crippen molar-refractivity contribution in [3.63, 3.8) is 0 Å². The third kappa shape index (κ3) is 3.67. The van der Waals surface area contributed by atoms with Gasteiger partial charge in [0.25, 0.3) is 0 Å². The van der Waals surface area contributed by atoms with E-state index in [4.69, 9.17) is 16.2 Å². The molecule has 0 saturated carbocycles. The second-order valence-corrected chi connectivity index (χ2v) is 6.01. The molecule has 0 atom stereocenters. The number of anilines is 2. The molecule has 5 N–H and O–H groups in total. The van der Waals surface area contributed by atoms with Crippen molar-refractivity contribution in [3.8, 4) is 11.4 Å². The fraction of sp³-hybridized carbons (Fsp3) is 0.167. The van der Waals surface area contributed by atoms with Gasteiger partial charge in [0.15, 0.2) is 5.82 Å². The van der Waals surface area contributed by atoms with Crippen molar-refractivity contribution in [2.24, 2.45) is 0 Å². The molecule has 0 aliphatic rings. The molecule has 2 aromatic heterocycles. The van der Waals surface area contributed by atoms with Gasteiger partial charge in [0.05, 0.1) is 0 Å². The van der Waals surface area contributed by atoms with E-state index in [1.165, 1.54) is 4.80 Å². The molecule has 4 rings (SSSR count). The van der Waals surface area contributed by atoms with E-state index < -0.39 is 0 Å². The molecule has 0 unspecified atom stereocenters. The Labute approximate surface area is 159 Å². The van der Waals surface area contributed by atoms with Crippen molar-refractivity contribution in [3.05, 3.63) is 53.9 Å². The number of hydrogen-bond acceptors (Lipinski definition) is 9. The van der Waals surface area contributed by atoms with Gasteiger partial charge in [0.2, 0.25) is 11.9 Å². The van der Waals surface area contributed by atoms with Crippen LogP contribution in [0.5, 0.6) is 5.75 Å². The standard InChI is InChI=1S/C18H18N8O2/c19-17-21-16(22-18(20)23-17)10-28-15-6-5-11(7-8-27)9-14(15)26-24-12-3-1-2-4-13(12)25-26/h1-6,9,27H,7-8,10H2,(H4,19,20,21,22,23). The Bertz CT molecular complexity index is 1070. The molecule has 0 amide bonds. The van der Waals surface area contributed by atoms with E-state index in [0.717, 1.165) is 16.6 Å². The smallest absolute Gasteiger partial charge is 0.225 e. The molecular formula is C18H18N8O2. The summed E-state index contributed by atoms with van der Waals surface area (Å²) in [5, 5.41) is 18.3. The maximum absolute atomic E-state index is 9.25. The first-order chi connectivity index (χ1) is 13.6. The third-order valence-electron chi connectivity index (χ3n) is 4.00. The number of nitrogen functional groups attached to an aromatic ring is 2. The lowest BCUT2D eigenvalue weighted by Gasteiger charge is -2.12. The van der Waals surface area contributed by atoms with Crippen LogP contribution in [0.25, 0.3) is 16.7 Å². The Hall–Kier alpha value is -3.79. The summed E-state index contributed by atoms with van der Waals surface area (Å²) >= 11 is 0. The number of nitrogens with zero attached hydrogens (tertiary/aromatic N) is 6. The predicted molar refractivity (Wildman–Crippen MR) is 103 cm³/mol. The molecule has 2 aromatic carbocycles. The maximum atomic E-state index is 9.25. The zero-order chi connectivity index (χ0) is 19.5.